The molecule has 27 heavy (non-hydrogen) atoms. The Morgan fingerprint density at radius 3 is 1.78 bits per heavy atom. The van der Waals surface area contributed by atoms with Gasteiger partial charge < -0.3 is 0 Å². The van der Waals surface area contributed by atoms with E-state index in [9.17, 15) is 9.00 Å². The van der Waals surface area contributed by atoms with Gasteiger partial charge in [-0.25, -0.2) is 0 Å². The van der Waals surface area contributed by atoms with Crippen LogP contribution in [-0.2, 0) is 14.1 Å². The van der Waals surface area contributed by atoms with Crippen molar-refractivity contribution in [2.75, 3.05) is 5.75 Å². The second kappa shape index (κ2) is 7.29. The summed E-state index contributed by atoms with van der Waals surface area (Å²) < 4.78 is 14.1. The summed E-state index contributed by atoms with van der Waals surface area (Å²) in [5.41, 5.74) is 0.618. The van der Waals surface area contributed by atoms with Crippen molar-refractivity contribution in [2.24, 2.45) is 0 Å². The normalized spacial score (nSPS) is 11.4. The van der Waals surface area contributed by atoms with E-state index in [1.54, 1.807) is 0 Å². The first kappa shape index (κ1) is 17.4. The van der Waals surface area contributed by atoms with Crippen LogP contribution in [0.15, 0.2) is 113 Å². The summed E-state index contributed by atoms with van der Waals surface area (Å²) >= 11 is 0. The zero-order valence-electron chi connectivity index (χ0n) is 14.7. The Hall–Kier alpha value is -3.04. The lowest BCUT2D eigenvalue weighted by Gasteiger charge is -2.12. The van der Waals surface area contributed by atoms with E-state index in [2.05, 4.69) is 0 Å². The summed E-state index contributed by atoms with van der Waals surface area (Å²) in [7, 11) is -2.71. The fourth-order valence-electron chi connectivity index (χ4n) is 3.31. The molecule has 0 amide bonds. The predicted molar refractivity (Wildman–Crippen MR) is 111 cm³/mol. The molecular formula is C24H19O2S+. The highest BCUT2D eigenvalue weighted by Gasteiger charge is 2.37. The summed E-state index contributed by atoms with van der Waals surface area (Å²) in [4.78, 5) is 14.6. The molecule has 0 aromatic heterocycles. The van der Waals surface area contributed by atoms with Crippen LogP contribution in [0.3, 0.4) is 0 Å². The van der Waals surface area contributed by atoms with Gasteiger partial charge in [-0.15, -0.1) is 0 Å². The standard InChI is InChI=1S/C24H19O2S/c25-24(23-17-9-11-19-10-7-8-16-22(19)23)18-27(26,20-12-3-1-4-13-20)21-14-5-2-6-15-21/h1-17H,18H2/q+1. The van der Waals surface area contributed by atoms with Crippen molar-refractivity contribution in [2.45, 2.75) is 9.79 Å². The predicted octanol–water partition coefficient (Wildman–Crippen LogP) is 5.64. The maximum absolute atomic E-state index is 14.1. The molecule has 0 heterocycles. The molecule has 3 heteroatoms. The molecule has 0 aliphatic heterocycles. The minimum atomic E-state index is -2.71. The van der Waals surface area contributed by atoms with E-state index in [1.165, 1.54) is 0 Å². The van der Waals surface area contributed by atoms with Crippen LogP contribution >= 0.6 is 0 Å². The zero-order chi connectivity index (χ0) is 18.7. The number of ketones is 1. The summed E-state index contributed by atoms with van der Waals surface area (Å²) in [6.45, 7) is 0. The molecule has 0 unspecified atom stereocenters. The molecule has 4 aromatic rings. The van der Waals surface area contributed by atoms with E-state index in [0.717, 1.165) is 10.8 Å². The zero-order valence-corrected chi connectivity index (χ0v) is 15.6. The molecule has 0 spiro atoms. The maximum atomic E-state index is 14.1. The summed E-state index contributed by atoms with van der Waals surface area (Å²) in [5.74, 6) is -0.154. The fourth-order valence-corrected chi connectivity index (χ4v) is 5.64. The first-order valence-corrected chi connectivity index (χ1v) is 10.5. The third-order valence-corrected chi connectivity index (χ3v) is 7.41. The van der Waals surface area contributed by atoms with Gasteiger partial charge in [-0.3, -0.25) is 4.79 Å². The quantitative estimate of drug-likeness (QED) is 0.336. The molecule has 0 aliphatic carbocycles. The van der Waals surface area contributed by atoms with Crippen molar-refractivity contribution in [3.63, 3.8) is 0 Å². The van der Waals surface area contributed by atoms with E-state index >= 15 is 0 Å². The van der Waals surface area contributed by atoms with E-state index in [0.29, 0.717) is 15.4 Å². The Balaban J connectivity index is 1.81. The van der Waals surface area contributed by atoms with Gasteiger partial charge in [0.25, 0.3) is 0 Å². The van der Waals surface area contributed by atoms with Gasteiger partial charge in [0.05, 0.1) is 0 Å². The highest BCUT2D eigenvalue weighted by Crippen LogP contribution is 2.31. The highest BCUT2D eigenvalue weighted by atomic mass is 32.2. The monoisotopic (exact) mass is 371 g/mol. The minimum Gasteiger partial charge on any atom is -0.289 e. The molecule has 0 saturated carbocycles. The van der Waals surface area contributed by atoms with Crippen LogP contribution in [-0.4, -0.2) is 11.5 Å². The van der Waals surface area contributed by atoms with Crippen LogP contribution in [0.5, 0.6) is 0 Å². The third-order valence-electron chi connectivity index (χ3n) is 4.67. The minimum absolute atomic E-state index is 0.0466. The Morgan fingerprint density at radius 2 is 1.15 bits per heavy atom. The number of carbonyl (C=O) groups is 1. The molecule has 0 N–H and O–H groups in total. The summed E-state index contributed by atoms with van der Waals surface area (Å²) in [5, 5.41) is 1.90. The topological polar surface area (TPSA) is 34.1 Å². The van der Waals surface area contributed by atoms with Crippen molar-refractivity contribution >= 4 is 26.5 Å². The maximum Gasteiger partial charge on any atom is 0.213 e. The second-order valence-corrected chi connectivity index (χ2v) is 8.98. The van der Waals surface area contributed by atoms with Gasteiger partial charge in [-0.2, -0.15) is 0 Å². The molecule has 4 rings (SSSR count). The molecule has 0 saturated heterocycles. The average molecular weight is 371 g/mol. The van der Waals surface area contributed by atoms with Crippen LogP contribution in [0.2, 0.25) is 0 Å². The van der Waals surface area contributed by atoms with Gasteiger partial charge in [0.1, 0.15) is 0 Å². The number of fused-ring (bicyclic) bond motifs is 1. The SMILES string of the molecule is O=C(C[S+](=O)(c1ccccc1)c1ccccc1)c1cccc2ccccc12. The number of Topliss-reactive ketones (excluding diaryl/α,β-unsaturated/α-hetero) is 1. The highest BCUT2D eigenvalue weighted by molar-refractivity contribution is 8.03. The van der Waals surface area contributed by atoms with Crippen LogP contribution in [0.25, 0.3) is 10.8 Å². The van der Waals surface area contributed by atoms with Gasteiger partial charge >= 0.3 is 0 Å². The fraction of sp³-hybridized carbons (Fsp3) is 0.0417. The van der Waals surface area contributed by atoms with Crippen LogP contribution in [0.4, 0.5) is 0 Å². The Bertz CT molecular complexity index is 1090. The molecule has 0 fully saturated rings. The first-order chi connectivity index (χ1) is 13.2. The number of hydrogen-bond donors (Lipinski definition) is 0. The third kappa shape index (κ3) is 3.34. The molecule has 132 valence electrons. The molecule has 0 aliphatic rings. The number of benzene rings is 4. The average Bonchev–Trinajstić information content (AvgIpc) is 2.74. The number of carbonyl (C=O) groups excluding carboxylic acids is 1. The van der Waals surface area contributed by atoms with Gasteiger partial charge in [-0.05, 0) is 35.0 Å². The van der Waals surface area contributed by atoms with E-state index in [-0.39, 0.29) is 11.5 Å². The number of hydrogen-bond acceptors (Lipinski definition) is 2. The van der Waals surface area contributed by atoms with Crippen molar-refractivity contribution in [3.05, 3.63) is 109 Å². The Labute approximate surface area is 159 Å². The van der Waals surface area contributed by atoms with Crippen LogP contribution in [0.1, 0.15) is 10.4 Å². The van der Waals surface area contributed by atoms with Crippen molar-refractivity contribution in [1.29, 1.82) is 0 Å². The molecule has 2 nitrogen and oxygen atoms in total. The Kier molecular flexibility index (Phi) is 4.69. The molecule has 0 radical (unpaired) electrons. The van der Waals surface area contributed by atoms with E-state index in [4.69, 9.17) is 0 Å². The van der Waals surface area contributed by atoms with Crippen LogP contribution < -0.4 is 0 Å². The molecule has 4 aromatic carbocycles. The smallest absolute Gasteiger partial charge is 0.213 e. The molecular weight excluding hydrogens is 352 g/mol. The first-order valence-electron chi connectivity index (χ1n) is 8.81. The Morgan fingerprint density at radius 1 is 0.630 bits per heavy atom. The lowest BCUT2D eigenvalue weighted by Crippen LogP contribution is -2.23. The van der Waals surface area contributed by atoms with E-state index in [1.807, 2.05) is 103 Å². The summed E-state index contributed by atoms with van der Waals surface area (Å²) in [6, 6.07) is 32.1. The summed E-state index contributed by atoms with van der Waals surface area (Å²) in [6.07, 6.45) is 0. The molecule has 0 atom stereocenters. The second-order valence-electron chi connectivity index (χ2n) is 6.40. The van der Waals surface area contributed by atoms with Crippen LogP contribution in [0, 0.1) is 0 Å². The van der Waals surface area contributed by atoms with E-state index < -0.39 is 9.93 Å². The number of rotatable bonds is 5. The lowest BCUT2D eigenvalue weighted by molar-refractivity contribution is 0.102. The largest absolute Gasteiger partial charge is 0.289 e. The van der Waals surface area contributed by atoms with Gasteiger partial charge in [-0.1, -0.05) is 83.1 Å². The van der Waals surface area contributed by atoms with Crippen molar-refractivity contribution in [3.8, 4) is 0 Å². The van der Waals surface area contributed by atoms with Gasteiger partial charge in [0.2, 0.25) is 5.78 Å². The van der Waals surface area contributed by atoms with Crippen molar-refractivity contribution in [1.82, 2.24) is 0 Å². The molecule has 0 bridgehead atoms. The lowest BCUT2D eigenvalue weighted by atomic mass is 10.0. The van der Waals surface area contributed by atoms with Gasteiger partial charge in [0, 0.05) is 5.56 Å². The van der Waals surface area contributed by atoms with Gasteiger partial charge in [0.15, 0.2) is 25.5 Å². The van der Waals surface area contributed by atoms with Crippen molar-refractivity contribution < 1.29 is 9.00 Å².